The molecule has 2 heteroatoms. The molecular weight excluding hydrogens is 176 g/mol. The van der Waals surface area contributed by atoms with Crippen molar-refractivity contribution in [2.45, 2.75) is 47.5 Å². The van der Waals surface area contributed by atoms with Crippen molar-refractivity contribution in [1.29, 1.82) is 0 Å². The maximum atomic E-state index is 11.6. The first-order valence-corrected chi connectivity index (χ1v) is 5.40. The maximum Gasteiger partial charge on any atom is 0.143 e. The van der Waals surface area contributed by atoms with E-state index in [4.69, 9.17) is 0 Å². The molecule has 0 N–H and O–H groups in total. The van der Waals surface area contributed by atoms with Crippen molar-refractivity contribution in [3.63, 3.8) is 0 Å². The molecule has 0 saturated carbocycles. The highest BCUT2D eigenvalue weighted by molar-refractivity contribution is 6.02. The molecule has 2 nitrogen and oxygen atoms in total. The Balaban J connectivity index is 4.11. The number of Topliss-reactive ketones (excluding diaryl/α,β-unsaturated/α-hetero) is 2. The summed E-state index contributed by atoms with van der Waals surface area (Å²) in [5.74, 6) is 0.463. The minimum atomic E-state index is -0.403. The summed E-state index contributed by atoms with van der Waals surface area (Å²) >= 11 is 0. The van der Waals surface area contributed by atoms with Gasteiger partial charge in [0.2, 0.25) is 0 Å². The standard InChI is InChI=1S/C12H22O2/c1-8(2)6-11(13)10(5)12(14)7-9(3)4/h8-10H,6-7H2,1-5H3. The Hall–Kier alpha value is -0.660. The molecule has 0 saturated heterocycles. The van der Waals surface area contributed by atoms with Crippen LogP contribution >= 0.6 is 0 Å². The summed E-state index contributed by atoms with van der Waals surface area (Å²) in [5, 5.41) is 0. The zero-order valence-corrected chi connectivity index (χ0v) is 9.96. The van der Waals surface area contributed by atoms with Gasteiger partial charge in [-0.2, -0.15) is 0 Å². The summed E-state index contributed by atoms with van der Waals surface area (Å²) in [6, 6.07) is 0. The van der Waals surface area contributed by atoms with Crippen molar-refractivity contribution >= 4 is 11.6 Å². The Morgan fingerprint density at radius 3 is 1.29 bits per heavy atom. The van der Waals surface area contributed by atoms with E-state index in [9.17, 15) is 9.59 Å². The lowest BCUT2D eigenvalue weighted by Gasteiger charge is -2.12. The molecule has 0 aromatic rings. The maximum absolute atomic E-state index is 11.6. The van der Waals surface area contributed by atoms with Crippen LogP contribution in [0.15, 0.2) is 0 Å². The number of hydrogen-bond donors (Lipinski definition) is 0. The summed E-state index contributed by atoms with van der Waals surface area (Å²) in [6.45, 7) is 9.72. The van der Waals surface area contributed by atoms with Crippen LogP contribution in [0.4, 0.5) is 0 Å². The SMILES string of the molecule is CC(C)CC(=O)C(C)C(=O)CC(C)C. The van der Waals surface area contributed by atoms with Gasteiger partial charge in [-0.1, -0.05) is 27.7 Å². The van der Waals surface area contributed by atoms with Crippen molar-refractivity contribution in [2.24, 2.45) is 17.8 Å². The van der Waals surface area contributed by atoms with Gasteiger partial charge in [0.1, 0.15) is 11.6 Å². The minimum Gasteiger partial charge on any atom is -0.299 e. The monoisotopic (exact) mass is 198 g/mol. The molecule has 0 aliphatic heterocycles. The molecule has 0 amide bonds. The highest BCUT2D eigenvalue weighted by Crippen LogP contribution is 2.13. The lowest BCUT2D eigenvalue weighted by Crippen LogP contribution is -2.23. The lowest BCUT2D eigenvalue weighted by molar-refractivity contribution is -0.132. The van der Waals surface area contributed by atoms with E-state index in [0.29, 0.717) is 24.7 Å². The summed E-state index contributed by atoms with van der Waals surface area (Å²) < 4.78 is 0. The molecule has 0 spiro atoms. The van der Waals surface area contributed by atoms with Crippen LogP contribution < -0.4 is 0 Å². The van der Waals surface area contributed by atoms with Crippen LogP contribution in [0, 0.1) is 17.8 Å². The van der Waals surface area contributed by atoms with E-state index < -0.39 is 5.92 Å². The highest BCUT2D eigenvalue weighted by Gasteiger charge is 2.21. The van der Waals surface area contributed by atoms with E-state index in [0.717, 1.165) is 0 Å². The van der Waals surface area contributed by atoms with Gasteiger partial charge < -0.3 is 0 Å². The average molecular weight is 198 g/mol. The van der Waals surface area contributed by atoms with Crippen LogP contribution in [0.1, 0.15) is 47.5 Å². The van der Waals surface area contributed by atoms with Gasteiger partial charge in [0.25, 0.3) is 0 Å². The molecule has 0 rings (SSSR count). The van der Waals surface area contributed by atoms with Crippen LogP contribution in [0.2, 0.25) is 0 Å². The minimum absolute atomic E-state index is 0.0886. The Morgan fingerprint density at radius 2 is 1.07 bits per heavy atom. The molecule has 0 radical (unpaired) electrons. The lowest BCUT2D eigenvalue weighted by atomic mass is 9.90. The second kappa shape index (κ2) is 5.94. The van der Waals surface area contributed by atoms with E-state index in [1.165, 1.54) is 0 Å². The topological polar surface area (TPSA) is 34.1 Å². The molecule has 14 heavy (non-hydrogen) atoms. The molecule has 0 aromatic carbocycles. The number of ketones is 2. The van der Waals surface area contributed by atoms with Gasteiger partial charge >= 0.3 is 0 Å². The third-order valence-electron chi connectivity index (χ3n) is 2.18. The third kappa shape index (κ3) is 5.15. The summed E-state index contributed by atoms with van der Waals surface area (Å²) in [5.41, 5.74) is 0. The zero-order valence-electron chi connectivity index (χ0n) is 9.96. The molecule has 0 fully saturated rings. The van der Waals surface area contributed by atoms with Gasteiger partial charge in [-0.15, -0.1) is 0 Å². The van der Waals surface area contributed by atoms with Crippen LogP contribution in [0.3, 0.4) is 0 Å². The zero-order chi connectivity index (χ0) is 11.3. The highest BCUT2D eigenvalue weighted by atomic mass is 16.1. The first-order chi connectivity index (χ1) is 6.34. The Kier molecular flexibility index (Phi) is 5.66. The fourth-order valence-corrected chi connectivity index (χ4v) is 1.34. The van der Waals surface area contributed by atoms with Crippen molar-refractivity contribution in [1.82, 2.24) is 0 Å². The number of carbonyl (C=O) groups is 2. The van der Waals surface area contributed by atoms with E-state index >= 15 is 0 Å². The number of hydrogen-bond acceptors (Lipinski definition) is 2. The largest absolute Gasteiger partial charge is 0.299 e. The quantitative estimate of drug-likeness (QED) is 0.615. The van der Waals surface area contributed by atoms with Crippen LogP contribution in [-0.2, 0) is 9.59 Å². The molecule has 82 valence electrons. The molecule has 0 aliphatic carbocycles. The fraction of sp³-hybridized carbons (Fsp3) is 0.833. The Morgan fingerprint density at radius 1 is 0.786 bits per heavy atom. The van der Waals surface area contributed by atoms with Crippen molar-refractivity contribution < 1.29 is 9.59 Å². The van der Waals surface area contributed by atoms with Crippen LogP contribution in [-0.4, -0.2) is 11.6 Å². The summed E-state index contributed by atoms with van der Waals surface area (Å²) in [7, 11) is 0. The molecule has 0 aromatic heterocycles. The fourth-order valence-electron chi connectivity index (χ4n) is 1.34. The van der Waals surface area contributed by atoms with Gasteiger partial charge in [-0.3, -0.25) is 9.59 Å². The van der Waals surface area contributed by atoms with Crippen LogP contribution in [0.25, 0.3) is 0 Å². The predicted octanol–water partition coefficient (Wildman–Crippen LogP) is 2.85. The molecular formula is C12H22O2. The summed E-state index contributed by atoms with van der Waals surface area (Å²) in [4.78, 5) is 23.1. The average Bonchev–Trinajstić information content (AvgIpc) is 2.00. The summed E-state index contributed by atoms with van der Waals surface area (Å²) in [6.07, 6.45) is 1.04. The number of rotatable bonds is 6. The number of carbonyl (C=O) groups excluding carboxylic acids is 2. The van der Waals surface area contributed by atoms with Gasteiger partial charge in [0.05, 0.1) is 5.92 Å². The van der Waals surface area contributed by atoms with Gasteiger partial charge in [0.15, 0.2) is 0 Å². The van der Waals surface area contributed by atoms with Crippen LogP contribution in [0.5, 0.6) is 0 Å². The second-order valence-electron chi connectivity index (χ2n) is 4.85. The first kappa shape index (κ1) is 13.3. The van der Waals surface area contributed by atoms with E-state index in [1.807, 2.05) is 27.7 Å². The van der Waals surface area contributed by atoms with Gasteiger partial charge in [0, 0.05) is 12.8 Å². The Bertz CT molecular complexity index is 182. The Labute approximate surface area is 87.1 Å². The molecule has 0 atom stereocenters. The van der Waals surface area contributed by atoms with Crippen molar-refractivity contribution in [3.05, 3.63) is 0 Å². The predicted molar refractivity (Wildman–Crippen MR) is 58.1 cm³/mol. The molecule has 0 aliphatic rings. The van der Waals surface area contributed by atoms with E-state index in [-0.39, 0.29) is 11.6 Å². The second-order valence-corrected chi connectivity index (χ2v) is 4.85. The van der Waals surface area contributed by atoms with Crippen molar-refractivity contribution in [3.8, 4) is 0 Å². The normalized spacial score (nSPS) is 11.4. The van der Waals surface area contributed by atoms with Gasteiger partial charge in [-0.05, 0) is 18.8 Å². The van der Waals surface area contributed by atoms with E-state index in [2.05, 4.69) is 0 Å². The van der Waals surface area contributed by atoms with E-state index in [1.54, 1.807) is 6.92 Å². The van der Waals surface area contributed by atoms with Crippen molar-refractivity contribution in [2.75, 3.05) is 0 Å². The van der Waals surface area contributed by atoms with Gasteiger partial charge in [-0.25, -0.2) is 0 Å². The first-order valence-electron chi connectivity index (χ1n) is 5.40. The smallest absolute Gasteiger partial charge is 0.143 e. The molecule has 0 unspecified atom stereocenters. The third-order valence-corrected chi connectivity index (χ3v) is 2.18. The molecule has 0 bridgehead atoms. The molecule has 0 heterocycles.